The minimum Gasteiger partial charge on any atom is -0.312 e. The first-order valence-electron chi connectivity index (χ1n) is 7.02. The Morgan fingerprint density at radius 3 is 2.94 bits per heavy atom. The van der Waals surface area contributed by atoms with Crippen LogP contribution in [0.3, 0.4) is 0 Å². The summed E-state index contributed by atoms with van der Waals surface area (Å²) in [5.74, 6) is 1.03. The van der Waals surface area contributed by atoms with E-state index < -0.39 is 0 Å². The van der Waals surface area contributed by atoms with Crippen LogP contribution < -0.4 is 5.32 Å². The Bertz CT molecular complexity index is 316. The first kappa shape index (κ1) is 13.0. The summed E-state index contributed by atoms with van der Waals surface area (Å²) in [6, 6.07) is 0. The van der Waals surface area contributed by atoms with Gasteiger partial charge in [-0.05, 0) is 31.7 Å². The van der Waals surface area contributed by atoms with Crippen molar-refractivity contribution in [1.82, 2.24) is 10.3 Å². The molecule has 17 heavy (non-hydrogen) atoms. The highest BCUT2D eigenvalue weighted by Gasteiger charge is 2.13. The third-order valence-electron chi connectivity index (χ3n) is 3.64. The SMILES string of the molecule is CCc1ncc(CNCCCC2CCCC2)s1. The van der Waals surface area contributed by atoms with E-state index in [0.29, 0.717) is 0 Å². The molecule has 1 saturated carbocycles. The van der Waals surface area contributed by atoms with Crippen molar-refractivity contribution < 1.29 is 0 Å². The second-order valence-electron chi connectivity index (χ2n) is 5.04. The monoisotopic (exact) mass is 252 g/mol. The Hall–Kier alpha value is -0.410. The van der Waals surface area contributed by atoms with Gasteiger partial charge in [-0.25, -0.2) is 4.98 Å². The molecule has 1 heterocycles. The lowest BCUT2D eigenvalue weighted by molar-refractivity contribution is 0.471. The molecule has 96 valence electrons. The van der Waals surface area contributed by atoms with E-state index in [2.05, 4.69) is 17.2 Å². The van der Waals surface area contributed by atoms with Crippen LogP contribution in [0.1, 0.15) is 55.3 Å². The molecule has 0 amide bonds. The quantitative estimate of drug-likeness (QED) is 0.747. The highest BCUT2D eigenvalue weighted by atomic mass is 32.1. The van der Waals surface area contributed by atoms with Gasteiger partial charge < -0.3 is 5.32 Å². The van der Waals surface area contributed by atoms with Gasteiger partial charge in [0.2, 0.25) is 0 Å². The van der Waals surface area contributed by atoms with Crippen LogP contribution in [-0.4, -0.2) is 11.5 Å². The predicted octanol–water partition coefficient (Wildman–Crippen LogP) is 3.77. The second-order valence-corrected chi connectivity index (χ2v) is 6.24. The van der Waals surface area contributed by atoms with E-state index in [4.69, 9.17) is 0 Å². The smallest absolute Gasteiger partial charge is 0.0925 e. The molecular weight excluding hydrogens is 228 g/mol. The van der Waals surface area contributed by atoms with Gasteiger partial charge in [-0.2, -0.15) is 0 Å². The van der Waals surface area contributed by atoms with E-state index in [1.807, 2.05) is 17.5 Å². The van der Waals surface area contributed by atoms with Crippen LogP contribution in [0, 0.1) is 5.92 Å². The Kier molecular flexibility index (Phi) is 5.46. The van der Waals surface area contributed by atoms with Gasteiger partial charge in [-0.15, -0.1) is 11.3 Å². The molecule has 2 rings (SSSR count). The fourth-order valence-electron chi connectivity index (χ4n) is 2.62. The van der Waals surface area contributed by atoms with Gasteiger partial charge in [-0.3, -0.25) is 0 Å². The third kappa shape index (κ3) is 4.40. The highest BCUT2D eigenvalue weighted by molar-refractivity contribution is 7.11. The molecule has 0 unspecified atom stereocenters. The molecule has 0 aromatic carbocycles. The Labute approximate surface area is 109 Å². The Balaban J connectivity index is 1.53. The summed E-state index contributed by atoms with van der Waals surface area (Å²) in [6.45, 7) is 4.33. The summed E-state index contributed by atoms with van der Waals surface area (Å²) < 4.78 is 0. The molecule has 0 aliphatic heterocycles. The van der Waals surface area contributed by atoms with Crippen LogP contribution in [0.2, 0.25) is 0 Å². The van der Waals surface area contributed by atoms with E-state index in [9.17, 15) is 0 Å². The lowest BCUT2D eigenvalue weighted by Crippen LogP contribution is -2.14. The number of hydrogen-bond donors (Lipinski definition) is 1. The van der Waals surface area contributed by atoms with Gasteiger partial charge in [0.05, 0.1) is 5.01 Å². The van der Waals surface area contributed by atoms with E-state index in [1.54, 1.807) is 0 Å². The van der Waals surface area contributed by atoms with Crippen molar-refractivity contribution in [2.24, 2.45) is 5.92 Å². The molecular formula is C14H24N2S. The Morgan fingerprint density at radius 1 is 1.41 bits per heavy atom. The molecule has 1 aromatic rings. The summed E-state index contributed by atoms with van der Waals surface area (Å²) in [5.41, 5.74) is 0. The fraction of sp³-hybridized carbons (Fsp3) is 0.786. The van der Waals surface area contributed by atoms with Crippen LogP contribution in [0.5, 0.6) is 0 Å². The average molecular weight is 252 g/mol. The highest BCUT2D eigenvalue weighted by Crippen LogP contribution is 2.28. The van der Waals surface area contributed by atoms with Crippen molar-refractivity contribution in [3.05, 3.63) is 16.1 Å². The number of nitrogens with zero attached hydrogens (tertiary/aromatic N) is 1. The van der Waals surface area contributed by atoms with Crippen molar-refractivity contribution in [3.8, 4) is 0 Å². The van der Waals surface area contributed by atoms with Gasteiger partial charge >= 0.3 is 0 Å². The van der Waals surface area contributed by atoms with E-state index in [0.717, 1.165) is 25.4 Å². The maximum Gasteiger partial charge on any atom is 0.0925 e. The standard InChI is InChI=1S/C14H24N2S/c1-2-14-16-11-13(17-14)10-15-9-5-8-12-6-3-4-7-12/h11-12,15H,2-10H2,1H3. The predicted molar refractivity (Wildman–Crippen MR) is 74.4 cm³/mol. The van der Waals surface area contributed by atoms with E-state index in [-0.39, 0.29) is 0 Å². The van der Waals surface area contributed by atoms with E-state index >= 15 is 0 Å². The number of aromatic nitrogens is 1. The number of thiazole rings is 1. The first-order chi connectivity index (χ1) is 8.38. The lowest BCUT2D eigenvalue weighted by atomic mass is 10.0. The molecule has 1 aromatic heterocycles. The molecule has 0 bridgehead atoms. The molecule has 2 nitrogen and oxygen atoms in total. The first-order valence-corrected chi connectivity index (χ1v) is 7.84. The van der Waals surface area contributed by atoms with Gasteiger partial charge in [-0.1, -0.05) is 32.6 Å². The second kappa shape index (κ2) is 7.12. The van der Waals surface area contributed by atoms with E-state index in [1.165, 1.54) is 48.4 Å². The topological polar surface area (TPSA) is 24.9 Å². The van der Waals surface area contributed by atoms with Gasteiger partial charge in [0.1, 0.15) is 0 Å². The lowest BCUT2D eigenvalue weighted by Gasteiger charge is -2.08. The summed E-state index contributed by atoms with van der Waals surface area (Å²) in [7, 11) is 0. The minimum absolute atomic E-state index is 1.00. The number of rotatable bonds is 7. The van der Waals surface area contributed by atoms with Crippen LogP contribution in [0.4, 0.5) is 0 Å². The zero-order valence-electron chi connectivity index (χ0n) is 10.9. The van der Waals surface area contributed by atoms with Crippen LogP contribution >= 0.6 is 11.3 Å². The van der Waals surface area contributed by atoms with Gasteiger partial charge in [0, 0.05) is 17.6 Å². The van der Waals surface area contributed by atoms with Crippen LogP contribution in [-0.2, 0) is 13.0 Å². The number of hydrogen-bond acceptors (Lipinski definition) is 3. The zero-order chi connectivity index (χ0) is 11.9. The molecule has 3 heteroatoms. The van der Waals surface area contributed by atoms with Crippen LogP contribution in [0.15, 0.2) is 6.20 Å². The maximum absolute atomic E-state index is 4.38. The molecule has 0 saturated heterocycles. The molecule has 1 aliphatic carbocycles. The largest absolute Gasteiger partial charge is 0.312 e. The van der Waals surface area contributed by atoms with Gasteiger partial charge in [0.15, 0.2) is 0 Å². The summed E-state index contributed by atoms with van der Waals surface area (Å²) in [4.78, 5) is 5.75. The summed E-state index contributed by atoms with van der Waals surface area (Å²) in [5, 5.41) is 4.79. The van der Waals surface area contributed by atoms with Crippen molar-refractivity contribution in [1.29, 1.82) is 0 Å². The van der Waals surface area contributed by atoms with Crippen molar-refractivity contribution >= 4 is 11.3 Å². The number of aryl methyl sites for hydroxylation is 1. The van der Waals surface area contributed by atoms with Crippen molar-refractivity contribution in [2.45, 2.75) is 58.4 Å². The molecule has 0 radical (unpaired) electrons. The normalized spacial score (nSPS) is 16.8. The molecule has 1 fully saturated rings. The van der Waals surface area contributed by atoms with Gasteiger partial charge in [0.25, 0.3) is 0 Å². The zero-order valence-corrected chi connectivity index (χ0v) is 11.7. The average Bonchev–Trinajstić information content (AvgIpc) is 2.99. The third-order valence-corrected chi connectivity index (χ3v) is 4.79. The molecule has 1 N–H and O–H groups in total. The van der Waals surface area contributed by atoms with Crippen LogP contribution in [0.25, 0.3) is 0 Å². The molecule has 1 aliphatic rings. The number of nitrogens with one attached hydrogen (secondary N) is 1. The maximum atomic E-state index is 4.38. The van der Waals surface area contributed by atoms with Crippen molar-refractivity contribution in [3.63, 3.8) is 0 Å². The van der Waals surface area contributed by atoms with Crippen molar-refractivity contribution in [2.75, 3.05) is 6.54 Å². The molecule has 0 spiro atoms. The minimum atomic E-state index is 1.00. The fourth-order valence-corrected chi connectivity index (χ4v) is 3.45. The summed E-state index contributed by atoms with van der Waals surface area (Å²) >= 11 is 1.84. The molecule has 0 atom stereocenters. The Morgan fingerprint density at radius 2 is 2.24 bits per heavy atom. The summed E-state index contributed by atoms with van der Waals surface area (Å²) in [6.07, 6.45) is 11.8.